The van der Waals surface area contributed by atoms with Gasteiger partial charge in [0.2, 0.25) is 0 Å². The first-order chi connectivity index (χ1) is 18.0. The molecule has 0 bridgehead atoms. The number of aromatic nitrogens is 2. The molecule has 5 rings (SSSR count). The van der Waals surface area contributed by atoms with Crippen molar-refractivity contribution in [3.8, 4) is 23.0 Å². The van der Waals surface area contributed by atoms with E-state index in [0.717, 1.165) is 47.0 Å². The zero-order chi connectivity index (χ0) is 25.8. The minimum atomic E-state index is 0.545. The molecule has 7 nitrogen and oxygen atoms in total. The van der Waals surface area contributed by atoms with E-state index in [1.165, 1.54) is 0 Å². The number of rotatable bonds is 8. The van der Waals surface area contributed by atoms with Gasteiger partial charge in [0.05, 0.1) is 23.7 Å². The van der Waals surface area contributed by atoms with E-state index in [0.29, 0.717) is 46.4 Å². The van der Waals surface area contributed by atoms with E-state index in [4.69, 9.17) is 25.8 Å². The van der Waals surface area contributed by atoms with Gasteiger partial charge in [0.15, 0.2) is 11.5 Å². The molecule has 1 aliphatic rings. The molecule has 1 aromatic heterocycles. The van der Waals surface area contributed by atoms with Crippen molar-refractivity contribution in [1.29, 1.82) is 0 Å². The average Bonchev–Trinajstić information content (AvgIpc) is 2.89. The summed E-state index contributed by atoms with van der Waals surface area (Å²) in [7, 11) is 3.81. The van der Waals surface area contributed by atoms with E-state index < -0.39 is 0 Å². The van der Waals surface area contributed by atoms with Crippen LogP contribution < -0.4 is 19.5 Å². The fraction of sp³-hybridized carbons (Fsp3) is 0.286. The molecule has 1 saturated heterocycles. The Balaban J connectivity index is 1.34. The fourth-order valence-electron chi connectivity index (χ4n) is 4.33. The topological polar surface area (TPSA) is 68.7 Å². The highest BCUT2D eigenvalue weighted by Gasteiger charge is 2.19. The van der Waals surface area contributed by atoms with Gasteiger partial charge < -0.3 is 24.4 Å². The van der Waals surface area contributed by atoms with Crippen molar-refractivity contribution in [2.45, 2.75) is 12.8 Å². The monoisotopic (exact) mass is 582 g/mol. The van der Waals surface area contributed by atoms with E-state index in [1.54, 1.807) is 19.5 Å². The van der Waals surface area contributed by atoms with E-state index in [2.05, 4.69) is 43.2 Å². The fourth-order valence-corrected chi connectivity index (χ4v) is 4.97. The first-order valence-corrected chi connectivity index (χ1v) is 13.3. The van der Waals surface area contributed by atoms with E-state index in [1.807, 2.05) is 48.5 Å². The maximum Gasteiger partial charge on any atom is 0.163 e. The summed E-state index contributed by atoms with van der Waals surface area (Å²) in [5.74, 6) is 3.91. The number of likely N-dealkylation sites (tertiary alicyclic amines) is 1. The summed E-state index contributed by atoms with van der Waals surface area (Å²) in [6.45, 7) is 2.88. The second-order valence-corrected chi connectivity index (χ2v) is 10.4. The van der Waals surface area contributed by atoms with Crippen molar-refractivity contribution >= 4 is 49.9 Å². The van der Waals surface area contributed by atoms with Gasteiger partial charge in [-0.25, -0.2) is 9.97 Å². The third-order valence-electron chi connectivity index (χ3n) is 6.45. The van der Waals surface area contributed by atoms with Crippen LogP contribution in [0.2, 0.25) is 5.02 Å². The summed E-state index contributed by atoms with van der Waals surface area (Å²) in [6, 6.07) is 16.9. The van der Waals surface area contributed by atoms with Crippen LogP contribution in [0.15, 0.2) is 65.4 Å². The zero-order valence-electron chi connectivity index (χ0n) is 20.7. The molecule has 3 aromatic carbocycles. The molecule has 1 fully saturated rings. The van der Waals surface area contributed by atoms with Gasteiger partial charge in [-0.15, -0.1) is 0 Å². The van der Waals surface area contributed by atoms with Crippen molar-refractivity contribution < 1.29 is 14.2 Å². The van der Waals surface area contributed by atoms with Gasteiger partial charge in [0.25, 0.3) is 0 Å². The second-order valence-electron chi connectivity index (χ2n) is 9.13. The molecule has 1 aliphatic heterocycles. The standard InChI is InChI=1S/C28H28BrClN4O3/c1-34-10-8-18(9-11-34)16-36-27-15-24-22(14-26(27)35-2)28(32-17-31-24)33-20-6-7-25(23(29)13-20)37-21-5-3-4-19(30)12-21/h3-7,12-15,17-18H,8-11,16H2,1-2H3,(H,31,32,33). The second kappa shape index (κ2) is 11.5. The number of piperidine rings is 1. The molecule has 37 heavy (non-hydrogen) atoms. The van der Waals surface area contributed by atoms with Crippen LogP contribution >= 0.6 is 27.5 Å². The summed E-state index contributed by atoms with van der Waals surface area (Å²) >= 11 is 9.67. The van der Waals surface area contributed by atoms with Crippen LogP contribution in [0, 0.1) is 5.92 Å². The van der Waals surface area contributed by atoms with Crippen LogP contribution in [0.4, 0.5) is 11.5 Å². The Morgan fingerprint density at radius 1 is 1.03 bits per heavy atom. The highest BCUT2D eigenvalue weighted by atomic mass is 79.9. The molecule has 0 amide bonds. The molecular weight excluding hydrogens is 556 g/mol. The Morgan fingerprint density at radius 2 is 1.86 bits per heavy atom. The molecular formula is C28H28BrClN4O3. The number of methoxy groups -OCH3 is 1. The van der Waals surface area contributed by atoms with Gasteiger partial charge in [0.1, 0.15) is 23.6 Å². The highest BCUT2D eigenvalue weighted by molar-refractivity contribution is 9.10. The molecule has 2 heterocycles. The van der Waals surface area contributed by atoms with E-state index in [9.17, 15) is 0 Å². The lowest BCUT2D eigenvalue weighted by molar-refractivity contribution is 0.157. The Kier molecular flexibility index (Phi) is 7.98. The minimum absolute atomic E-state index is 0.545. The molecule has 1 N–H and O–H groups in total. The summed E-state index contributed by atoms with van der Waals surface area (Å²) in [5.41, 5.74) is 1.61. The maximum atomic E-state index is 6.20. The van der Waals surface area contributed by atoms with Crippen molar-refractivity contribution in [3.05, 3.63) is 70.4 Å². The van der Waals surface area contributed by atoms with Gasteiger partial charge in [0, 0.05) is 22.2 Å². The first-order valence-electron chi connectivity index (χ1n) is 12.1. The number of nitrogens with one attached hydrogen (secondary N) is 1. The third kappa shape index (κ3) is 6.26. The predicted octanol–water partition coefficient (Wildman–Crippen LogP) is 7.31. The Hall–Kier alpha value is -3.07. The van der Waals surface area contributed by atoms with Crippen LogP contribution in [-0.2, 0) is 0 Å². The van der Waals surface area contributed by atoms with Gasteiger partial charge in [-0.1, -0.05) is 17.7 Å². The summed E-state index contributed by atoms with van der Waals surface area (Å²) in [6.07, 6.45) is 3.83. The van der Waals surface area contributed by atoms with Gasteiger partial charge in [-0.05, 0) is 97.3 Å². The van der Waals surface area contributed by atoms with Crippen LogP contribution in [0.5, 0.6) is 23.0 Å². The Bertz CT molecular complexity index is 1400. The number of hydrogen-bond donors (Lipinski definition) is 1. The Morgan fingerprint density at radius 3 is 2.62 bits per heavy atom. The zero-order valence-corrected chi connectivity index (χ0v) is 23.1. The lowest BCUT2D eigenvalue weighted by Crippen LogP contribution is -2.32. The molecule has 0 unspecified atom stereocenters. The molecule has 0 aliphatic carbocycles. The van der Waals surface area contributed by atoms with Gasteiger partial charge in [-0.2, -0.15) is 0 Å². The normalized spacial score (nSPS) is 14.5. The third-order valence-corrected chi connectivity index (χ3v) is 7.31. The number of nitrogens with zero attached hydrogens (tertiary/aromatic N) is 3. The van der Waals surface area contributed by atoms with Gasteiger partial charge in [-0.3, -0.25) is 0 Å². The molecule has 9 heteroatoms. The molecule has 0 spiro atoms. The van der Waals surface area contributed by atoms with E-state index in [-0.39, 0.29) is 0 Å². The largest absolute Gasteiger partial charge is 0.493 e. The number of anilines is 2. The lowest BCUT2D eigenvalue weighted by Gasteiger charge is -2.28. The van der Waals surface area contributed by atoms with Crippen LogP contribution in [0.25, 0.3) is 10.9 Å². The van der Waals surface area contributed by atoms with Crippen molar-refractivity contribution in [2.24, 2.45) is 5.92 Å². The minimum Gasteiger partial charge on any atom is -0.493 e. The molecule has 0 atom stereocenters. The van der Waals surface area contributed by atoms with Crippen molar-refractivity contribution in [3.63, 3.8) is 0 Å². The number of benzene rings is 3. The predicted molar refractivity (Wildman–Crippen MR) is 151 cm³/mol. The molecule has 0 radical (unpaired) electrons. The van der Waals surface area contributed by atoms with E-state index >= 15 is 0 Å². The number of halogens is 2. The van der Waals surface area contributed by atoms with Crippen molar-refractivity contribution in [2.75, 3.05) is 39.2 Å². The SMILES string of the molecule is COc1cc2c(Nc3ccc(Oc4cccc(Cl)c4)c(Br)c3)ncnc2cc1OCC1CCN(C)CC1. The summed E-state index contributed by atoms with van der Waals surface area (Å²) < 4.78 is 18.6. The lowest BCUT2D eigenvalue weighted by atomic mass is 9.98. The molecule has 4 aromatic rings. The Labute approximate surface area is 229 Å². The summed E-state index contributed by atoms with van der Waals surface area (Å²) in [4.78, 5) is 11.3. The highest BCUT2D eigenvalue weighted by Crippen LogP contribution is 2.37. The molecule has 0 saturated carbocycles. The quantitative estimate of drug-likeness (QED) is 0.233. The number of fused-ring (bicyclic) bond motifs is 1. The first kappa shape index (κ1) is 25.6. The summed E-state index contributed by atoms with van der Waals surface area (Å²) in [5, 5.41) is 4.84. The van der Waals surface area contributed by atoms with Crippen LogP contribution in [0.1, 0.15) is 12.8 Å². The van der Waals surface area contributed by atoms with Crippen molar-refractivity contribution in [1.82, 2.24) is 14.9 Å². The maximum absolute atomic E-state index is 6.20. The smallest absolute Gasteiger partial charge is 0.163 e. The van der Waals surface area contributed by atoms with Gasteiger partial charge >= 0.3 is 0 Å². The van der Waals surface area contributed by atoms with Crippen LogP contribution in [0.3, 0.4) is 0 Å². The number of ether oxygens (including phenoxy) is 3. The molecule has 192 valence electrons. The number of hydrogen-bond acceptors (Lipinski definition) is 7. The van der Waals surface area contributed by atoms with Crippen LogP contribution in [-0.4, -0.2) is 48.7 Å². The average molecular weight is 584 g/mol.